The van der Waals surface area contributed by atoms with Gasteiger partial charge in [0.2, 0.25) is 0 Å². The molecule has 0 bridgehead atoms. The quantitative estimate of drug-likeness (QED) is 0.813. The first-order chi connectivity index (χ1) is 11.1. The van der Waals surface area contributed by atoms with E-state index >= 15 is 0 Å². The second kappa shape index (κ2) is 8.02. The molecule has 1 unspecified atom stereocenters. The third kappa shape index (κ3) is 4.05. The highest BCUT2D eigenvalue weighted by Crippen LogP contribution is 2.31. The summed E-state index contributed by atoms with van der Waals surface area (Å²) in [5, 5.41) is 3.06. The SMILES string of the molecule is CCC(NC(=O)c1ccccc1Br)c1ccc(OC)c(OC)c1. The van der Waals surface area contributed by atoms with Crippen molar-refractivity contribution in [2.24, 2.45) is 0 Å². The van der Waals surface area contributed by atoms with Crippen LogP contribution in [0.25, 0.3) is 0 Å². The molecule has 0 aromatic heterocycles. The van der Waals surface area contributed by atoms with Crippen molar-refractivity contribution in [2.75, 3.05) is 14.2 Å². The molecule has 0 fully saturated rings. The van der Waals surface area contributed by atoms with Crippen LogP contribution in [0.3, 0.4) is 0 Å². The Labute approximate surface area is 144 Å². The van der Waals surface area contributed by atoms with Crippen LogP contribution in [0.5, 0.6) is 11.5 Å². The van der Waals surface area contributed by atoms with Gasteiger partial charge in [0, 0.05) is 4.47 Å². The van der Waals surface area contributed by atoms with E-state index < -0.39 is 0 Å². The standard InChI is InChI=1S/C18H20BrNO3/c1-4-15(12-9-10-16(22-2)17(11-12)23-3)20-18(21)13-7-5-6-8-14(13)19/h5-11,15H,4H2,1-3H3,(H,20,21). The Morgan fingerprint density at radius 1 is 1.13 bits per heavy atom. The minimum atomic E-state index is -0.112. The molecule has 0 saturated heterocycles. The van der Waals surface area contributed by atoms with Crippen LogP contribution >= 0.6 is 15.9 Å². The van der Waals surface area contributed by atoms with Crippen LogP contribution in [0, 0.1) is 0 Å². The highest BCUT2D eigenvalue weighted by atomic mass is 79.9. The molecular formula is C18H20BrNO3. The van der Waals surface area contributed by atoms with E-state index in [1.807, 2.05) is 43.3 Å². The number of methoxy groups -OCH3 is 2. The molecule has 0 heterocycles. The van der Waals surface area contributed by atoms with Crippen LogP contribution in [0.1, 0.15) is 35.3 Å². The summed E-state index contributed by atoms with van der Waals surface area (Å²) in [6.07, 6.45) is 0.770. The summed E-state index contributed by atoms with van der Waals surface area (Å²) in [5.41, 5.74) is 1.59. The van der Waals surface area contributed by atoms with Gasteiger partial charge in [-0.25, -0.2) is 0 Å². The largest absolute Gasteiger partial charge is 0.493 e. The predicted molar refractivity (Wildman–Crippen MR) is 94.2 cm³/mol. The van der Waals surface area contributed by atoms with Crippen molar-refractivity contribution < 1.29 is 14.3 Å². The summed E-state index contributed by atoms with van der Waals surface area (Å²) < 4.78 is 11.4. The lowest BCUT2D eigenvalue weighted by Gasteiger charge is -2.19. The Morgan fingerprint density at radius 2 is 1.83 bits per heavy atom. The lowest BCUT2D eigenvalue weighted by Crippen LogP contribution is -2.28. The van der Waals surface area contributed by atoms with Crippen molar-refractivity contribution in [3.8, 4) is 11.5 Å². The van der Waals surface area contributed by atoms with E-state index in [1.165, 1.54) is 0 Å². The zero-order valence-corrected chi connectivity index (χ0v) is 15.0. The summed E-state index contributed by atoms with van der Waals surface area (Å²) in [5.74, 6) is 1.21. The van der Waals surface area contributed by atoms with Gasteiger partial charge in [0.15, 0.2) is 11.5 Å². The van der Waals surface area contributed by atoms with Gasteiger partial charge in [0.1, 0.15) is 0 Å². The number of nitrogens with one attached hydrogen (secondary N) is 1. The van der Waals surface area contributed by atoms with Crippen LogP contribution < -0.4 is 14.8 Å². The average molecular weight is 378 g/mol. The molecular weight excluding hydrogens is 358 g/mol. The van der Waals surface area contributed by atoms with Gasteiger partial charge in [-0.2, -0.15) is 0 Å². The number of halogens is 1. The van der Waals surface area contributed by atoms with E-state index in [9.17, 15) is 4.79 Å². The molecule has 2 aromatic rings. The molecule has 0 aliphatic heterocycles. The first-order valence-electron chi connectivity index (χ1n) is 7.38. The van der Waals surface area contributed by atoms with Crippen molar-refractivity contribution in [2.45, 2.75) is 19.4 Å². The Bertz CT molecular complexity index is 688. The van der Waals surface area contributed by atoms with Gasteiger partial charge in [-0.05, 0) is 52.2 Å². The fourth-order valence-corrected chi connectivity index (χ4v) is 2.84. The summed E-state index contributed by atoms with van der Waals surface area (Å²) in [4.78, 5) is 12.5. The minimum absolute atomic E-state index is 0.102. The van der Waals surface area contributed by atoms with Gasteiger partial charge in [-0.15, -0.1) is 0 Å². The second-order valence-electron chi connectivity index (χ2n) is 5.03. The Morgan fingerprint density at radius 3 is 2.43 bits per heavy atom. The number of hydrogen-bond donors (Lipinski definition) is 1. The van der Waals surface area contributed by atoms with Crippen molar-refractivity contribution in [3.63, 3.8) is 0 Å². The summed E-state index contributed by atoms with van der Waals surface area (Å²) in [6, 6.07) is 13.0. The second-order valence-corrected chi connectivity index (χ2v) is 5.88. The van der Waals surface area contributed by atoms with Gasteiger partial charge in [0.05, 0.1) is 25.8 Å². The van der Waals surface area contributed by atoms with Crippen molar-refractivity contribution in [1.82, 2.24) is 5.32 Å². The lowest BCUT2D eigenvalue weighted by atomic mass is 10.0. The van der Waals surface area contributed by atoms with E-state index in [2.05, 4.69) is 21.2 Å². The lowest BCUT2D eigenvalue weighted by molar-refractivity contribution is 0.0934. The molecule has 122 valence electrons. The molecule has 0 aliphatic carbocycles. The number of benzene rings is 2. The van der Waals surface area contributed by atoms with E-state index in [0.29, 0.717) is 17.1 Å². The summed E-state index contributed by atoms with van der Waals surface area (Å²) in [7, 11) is 3.20. The van der Waals surface area contributed by atoms with Crippen molar-refractivity contribution in [1.29, 1.82) is 0 Å². The number of carbonyl (C=O) groups excluding carboxylic acids is 1. The van der Waals surface area contributed by atoms with Gasteiger partial charge >= 0.3 is 0 Å². The molecule has 23 heavy (non-hydrogen) atoms. The van der Waals surface area contributed by atoms with Crippen LogP contribution in [0.15, 0.2) is 46.9 Å². The number of ether oxygens (including phenoxy) is 2. The molecule has 0 aliphatic rings. The Kier molecular flexibility index (Phi) is 6.04. The fraction of sp³-hybridized carbons (Fsp3) is 0.278. The number of hydrogen-bond acceptors (Lipinski definition) is 3. The van der Waals surface area contributed by atoms with Gasteiger partial charge in [-0.1, -0.05) is 25.1 Å². The number of amides is 1. The van der Waals surface area contributed by atoms with Crippen LogP contribution in [0.2, 0.25) is 0 Å². The van der Waals surface area contributed by atoms with Crippen LogP contribution in [-0.2, 0) is 0 Å². The average Bonchev–Trinajstić information content (AvgIpc) is 2.59. The normalized spacial score (nSPS) is 11.7. The minimum Gasteiger partial charge on any atom is -0.493 e. The summed E-state index contributed by atoms with van der Waals surface area (Å²) in [6.45, 7) is 2.03. The molecule has 0 saturated carbocycles. The predicted octanol–water partition coefficient (Wildman–Crippen LogP) is 4.35. The molecule has 0 radical (unpaired) electrons. The van der Waals surface area contributed by atoms with E-state index in [-0.39, 0.29) is 11.9 Å². The molecule has 1 atom stereocenters. The number of carbonyl (C=O) groups is 1. The fourth-order valence-electron chi connectivity index (χ4n) is 2.37. The third-order valence-corrected chi connectivity index (χ3v) is 4.33. The van der Waals surface area contributed by atoms with Crippen LogP contribution in [0.4, 0.5) is 0 Å². The zero-order chi connectivity index (χ0) is 16.8. The van der Waals surface area contributed by atoms with E-state index in [4.69, 9.17) is 9.47 Å². The maximum absolute atomic E-state index is 12.5. The molecule has 5 heteroatoms. The Hall–Kier alpha value is -2.01. The van der Waals surface area contributed by atoms with Crippen LogP contribution in [-0.4, -0.2) is 20.1 Å². The molecule has 2 rings (SSSR count). The molecule has 1 N–H and O–H groups in total. The van der Waals surface area contributed by atoms with Gasteiger partial charge in [-0.3, -0.25) is 4.79 Å². The molecule has 1 amide bonds. The first kappa shape index (κ1) is 17.3. The number of rotatable bonds is 6. The maximum atomic E-state index is 12.5. The highest BCUT2D eigenvalue weighted by molar-refractivity contribution is 9.10. The van der Waals surface area contributed by atoms with E-state index in [0.717, 1.165) is 16.5 Å². The van der Waals surface area contributed by atoms with Crippen molar-refractivity contribution in [3.05, 3.63) is 58.1 Å². The Balaban J connectivity index is 2.23. The monoisotopic (exact) mass is 377 g/mol. The highest BCUT2D eigenvalue weighted by Gasteiger charge is 2.17. The van der Waals surface area contributed by atoms with E-state index in [1.54, 1.807) is 20.3 Å². The maximum Gasteiger partial charge on any atom is 0.252 e. The first-order valence-corrected chi connectivity index (χ1v) is 8.17. The molecule has 2 aromatic carbocycles. The van der Waals surface area contributed by atoms with Gasteiger partial charge < -0.3 is 14.8 Å². The smallest absolute Gasteiger partial charge is 0.252 e. The summed E-state index contributed by atoms with van der Waals surface area (Å²) >= 11 is 3.41. The zero-order valence-electron chi connectivity index (χ0n) is 13.4. The topological polar surface area (TPSA) is 47.6 Å². The third-order valence-electron chi connectivity index (χ3n) is 3.64. The van der Waals surface area contributed by atoms with Crippen molar-refractivity contribution >= 4 is 21.8 Å². The molecule has 4 nitrogen and oxygen atoms in total. The van der Waals surface area contributed by atoms with Gasteiger partial charge in [0.25, 0.3) is 5.91 Å². The molecule has 0 spiro atoms.